The first kappa shape index (κ1) is 19.2. The molecule has 1 aliphatic rings. The highest BCUT2D eigenvalue weighted by atomic mass is 32.1. The molecule has 0 bridgehead atoms. The van der Waals surface area contributed by atoms with Crippen molar-refractivity contribution in [2.24, 2.45) is 12.1 Å². The van der Waals surface area contributed by atoms with Crippen LogP contribution in [0.5, 0.6) is 5.75 Å². The van der Waals surface area contributed by atoms with Crippen LogP contribution in [0.4, 0.5) is 4.39 Å². The summed E-state index contributed by atoms with van der Waals surface area (Å²) in [5.41, 5.74) is 6.01. The van der Waals surface area contributed by atoms with Gasteiger partial charge in [0, 0.05) is 35.8 Å². The van der Waals surface area contributed by atoms with Gasteiger partial charge in [-0.05, 0) is 35.9 Å². The largest absolute Gasteiger partial charge is 0.488 e. The number of nitrogens with one attached hydrogen (secondary N) is 1. The minimum Gasteiger partial charge on any atom is -0.488 e. The number of ether oxygens (including phenoxy) is 1. The van der Waals surface area contributed by atoms with E-state index in [4.69, 9.17) is 4.74 Å². The van der Waals surface area contributed by atoms with Gasteiger partial charge in [0.15, 0.2) is 0 Å². The fourth-order valence-corrected chi connectivity index (χ4v) is 4.23. The monoisotopic (exact) mass is 432 g/mol. The molecule has 0 saturated carbocycles. The SMILES string of the molecule is Cn1cc(/C=C2\C(=O)NN=C2c2nccs2)c2c(OCc3cccc(F)c3)cccc21. The summed E-state index contributed by atoms with van der Waals surface area (Å²) in [6, 6.07) is 12.1. The van der Waals surface area contributed by atoms with Gasteiger partial charge in [0.2, 0.25) is 0 Å². The molecule has 0 unspecified atom stereocenters. The molecule has 8 heteroatoms. The Morgan fingerprint density at radius 2 is 2.13 bits per heavy atom. The molecule has 0 atom stereocenters. The summed E-state index contributed by atoms with van der Waals surface area (Å²) in [7, 11) is 1.94. The van der Waals surface area contributed by atoms with Crippen molar-refractivity contribution in [1.29, 1.82) is 0 Å². The number of rotatable bonds is 5. The van der Waals surface area contributed by atoms with Crippen molar-refractivity contribution in [3.8, 4) is 5.75 Å². The van der Waals surface area contributed by atoms with Gasteiger partial charge in [0.05, 0.1) is 11.1 Å². The van der Waals surface area contributed by atoms with Crippen LogP contribution in [0, 0.1) is 5.82 Å². The van der Waals surface area contributed by atoms with E-state index < -0.39 is 0 Å². The first-order valence-corrected chi connectivity index (χ1v) is 10.4. The van der Waals surface area contributed by atoms with E-state index in [0.29, 0.717) is 22.0 Å². The van der Waals surface area contributed by atoms with Crippen LogP contribution < -0.4 is 10.2 Å². The Kier molecular flexibility index (Phi) is 4.83. The highest BCUT2D eigenvalue weighted by Crippen LogP contribution is 2.33. The molecule has 6 nitrogen and oxygen atoms in total. The molecule has 154 valence electrons. The van der Waals surface area contributed by atoms with Crippen LogP contribution in [-0.4, -0.2) is 21.2 Å². The predicted octanol–water partition coefficient (Wildman–Crippen LogP) is 4.27. The molecule has 0 fully saturated rings. The number of amides is 1. The lowest BCUT2D eigenvalue weighted by molar-refractivity contribution is -0.116. The predicted molar refractivity (Wildman–Crippen MR) is 118 cm³/mol. The van der Waals surface area contributed by atoms with Gasteiger partial charge in [0.1, 0.15) is 28.9 Å². The summed E-state index contributed by atoms with van der Waals surface area (Å²) in [5.74, 6) is 0.0754. The van der Waals surface area contributed by atoms with Crippen molar-refractivity contribution < 1.29 is 13.9 Å². The maximum Gasteiger partial charge on any atom is 0.273 e. The van der Waals surface area contributed by atoms with Crippen LogP contribution in [0.15, 0.2) is 70.9 Å². The van der Waals surface area contributed by atoms with Gasteiger partial charge in [-0.2, -0.15) is 5.10 Å². The Labute approximate surface area is 181 Å². The zero-order valence-electron chi connectivity index (χ0n) is 16.5. The average Bonchev–Trinajstić information content (AvgIpc) is 3.48. The fraction of sp³-hybridized carbons (Fsp3) is 0.0870. The molecule has 0 spiro atoms. The molecule has 0 aliphatic carbocycles. The second-order valence-electron chi connectivity index (χ2n) is 7.06. The molecule has 1 aliphatic heterocycles. The van der Waals surface area contributed by atoms with E-state index in [0.717, 1.165) is 22.0 Å². The molecular formula is C23H17FN4O2S. The van der Waals surface area contributed by atoms with Gasteiger partial charge in [-0.25, -0.2) is 14.8 Å². The number of aromatic nitrogens is 2. The quantitative estimate of drug-likeness (QED) is 0.479. The molecule has 4 aromatic rings. The van der Waals surface area contributed by atoms with E-state index in [1.165, 1.54) is 23.5 Å². The van der Waals surface area contributed by atoms with E-state index >= 15 is 0 Å². The summed E-state index contributed by atoms with van der Waals surface area (Å²) in [6.07, 6.45) is 5.43. The molecule has 1 amide bonds. The first-order chi connectivity index (χ1) is 15.1. The summed E-state index contributed by atoms with van der Waals surface area (Å²) >= 11 is 1.42. The van der Waals surface area contributed by atoms with E-state index in [-0.39, 0.29) is 18.3 Å². The van der Waals surface area contributed by atoms with E-state index in [1.807, 2.05) is 47.5 Å². The lowest BCUT2D eigenvalue weighted by atomic mass is 10.1. The number of aryl methyl sites for hydroxylation is 1. The van der Waals surface area contributed by atoms with Gasteiger partial charge in [-0.15, -0.1) is 11.3 Å². The number of halogens is 1. The molecule has 2 aromatic heterocycles. The molecule has 3 heterocycles. The molecular weight excluding hydrogens is 415 g/mol. The normalized spacial score (nSPS) is 14.8. The standard InChI is InChI=1S/C23H17FN4O2S/c1-28-12-15(11-17-21(26-27-22(17)29)23-25-8-9-31-23)20-18(28)6-3-7-19(20)30-13-14-4-2-5-16(24)10-14/h2-12H,13H2,1H3,(H,27,29)/b17-11-. The van der Waals surface area contributed by atoms with Crippen molar-refractivity contribution in [2.75, 3.05) is 0 Å². The lowest BCUT2D eigenvalue weighted by Gasteiger charge is -2.09. The van der Waals surface area contributed by atoms with Crippen LogP contribution in [0.25, 0.3) is 17.0 Å². The van der Waals surface area contributed by atoms with Crippen LogP contribution in [0.3, 0.4) is 0 Å². The fourth-order valence-electron chi connectivity index (χ4n) is 3.59. The van der Waals surface area contributed by atoms with Crippen LogP contribution in [-0.2, 0) is 18.4 Å². The Bertz CT molecular complexity index is 1360. The molecule has 2 aromatic carbocycles. The van der Waals surface area contributed by atoms with Crippen LogP contribution in [0.1, 0.15) is 16.1 Å². The van der Waals surface area contributed by atoms with Crippen molar-refractivity contribution in [3.05, 3.63) is 87.8 Å². The Hall–Kier alpha value is -3.78. The van der Waals surface area contributed by atoms with Crippen LogP contribution >= 0.6 is 11.3 Å². The zero-order chi connectivity index (χ0) is 21.4. The van der Waals surface area contributed by atoms with Crippen molar-refractivity contribution in [3.63, 3.8) is 0 Å². The molecule has 1 N–H and O–H groups in total. The average molecular weight is 432 g/mol. The van der Waals surface area contributed by atoms with Crippen LogP contribution in [0.2, 0.25) is 0 Å². The number of benzene rings is 2. The maximum atomic E-state index is 13.5. The molecule has 5 rings (SSSR count). The minimum atomic E-state index is -0.300. The highest BCUT2D eigenvalue weighted by molar-refractivity contribution is 7.12. The number of carbonyl (C=O) groups excluding carboxylic acids is 1. The van der Waals surface area contributed by atoms with E-state index in [1.54, 1.807) is 18.3 Å². The maximum absolute atomic E-state index is 13.5. The van der Waals surface area contributed by atoms with E-state index in [2.05, 4.69) is 15.5 Å². The summed E-state index contributed by atoms with van der Waals surface area (Å²) < 4.78 is 21.5. The van der Waals surface area contributed by atoms with Crippen molar-refractivity contribution >= 4 is 39.9 Å². The van der Waals surface area contributed by atoms with Gasteiger partial charge in [-0.1, -0.05) is 18.2 Å². The summed E-state index contributed by atoms with van der Waals surface area (Å²) in [6.45, 7) is 0.230. The third-order valence-electron chi connectivity index (χ3n) is 4.99. The number of hydrogen-bond acceptors (Lipinski definition) is 5. The third-order valence-corrected chi connectivity index (χ3v) is 5.77. The summed E-state index contributed by atoms with van der Waals surface area (Å²) in [5, 5.41) is 7.54. The second kappa shape index (κ2) is 7.81. The molecule has 31 heavy (non-hydrogen) atoms. The highest BCUT2D eigenvalue weighted by Gasteiger charge is 2.26. The van der Waals surface area contributed by atoms with Gasteiger partial charge in [-0.3, -0.25) is 4.79 Å². The lowest BCUT2D eigenvalue weighted by Crippen LogP contribution is -2.13. The molecule has 0 saturated heterocycles. The number of hydrogen-bond donors (Lipinski definition) is 1. The van der Waals surface area contributed by atoms with E-state index in [9.17, 15) is 9.18 Å². The third kappa shape index (κ3) is 3.62. The molecule has 0 radical (unpaired) electrons. The number of hydrazone groups is 1. The summed E-state index contributed by atoms with van der Waals surface area (Å²) in [4.78, 5) is 16.7. The van der Waals surface area contributed by atoms with Gasteiger partial charge >= 0.3 is 0 Å². The minimum absolute atomic E-state index is 0.230. The number of thiazole rings is 1. The topological polar surface area (TPSA) is 68.5 Å². The first-order valence-electron chi connectivity index (χ1n) is 9.55. The van der Waals surface area contributed by atoms with Gasteiger partial charge < -0.3 is 9.30 Å². The Morgan fingerprint density at radius 3 is 2.94 bits per heavy atom. The Balaban J connectivity index is 1.56. The number of fused-ring (bicyclic) bond motifs is 1. The van der Waals surface area contributed by atoms with Crippen molar-refractivity contribution in [1.82, 2.24) is 15.0 Å². The second-order valence-corrected chi connectivity index (χ2v) is 7.96. The number of nitrogens with zero attached hydrogens (tertiary/aromatic N) is 3. The smallest absolute Gasteiger partial charge is 0.273 e. The van der Waals surface area contributed by atoms with Crippen molar-refractivity contribution in [2.45, 2.75) is 6.61 Å². The Morgan fingerprint density at radius 1 is 1.26 bits per heavy atom. The number of carbonyl (C=O) groups is 1. The van der Waals surface area contributed by atoms with Gasteiger partial charge in [0.25, 0.3) is 5.91 Å². The zero-order valence-corrected chi connectivity index (χ0v) is 17.3.